The molecular formula is C25H33NO3. The van der Waals surface area contributed by atoms with E-state index in [0.29, 0.717) is 30.4 Å². The number of nitrogens with two attached hydrogens (primary N) is 1. The minimum atomic E-state index is -0.430. The molecule has 4 nitrogen and oxygen atoms in total. The Morgan fingerprint density at radius 3 is 2.17 bits per heavy atom. The van der Waals surface area contributed by atoms with Gasteiger partial charge in [0.1, 0.15) is 11.5 Å². The van der Waals surface area contributed by atoms with Gasteiger partial charge in [0.05, 0.1) is 13.2 Å². The smallest absolute Gasteiger partial charge is 0.249 e. The number of primary amides is 1. The van der Waals surface area contributed by atoms with Gasteiger partial charge < -0.3 is 15.2 Å². The summed E-state index contributed by atoms with van der Waals surface area (Å²) in [6.07, 6.45) is 21.3. The number of unbranched alkanes of at least 4 members (excludes halogenated alkanes) is 4. The Morgan fingerprint density at radius 1 is 0.966 bits per heavy atom. The van der Waals surface area contributed by atoms with Crippen LogP contribution in [0.3, 0.4) is 0 Å². The normalized spacial score (nSPS) is 14.0. The highest BCUT2D eigenvalue weighted by atomic mass is 16.5. The van der Waals surface area contributed by atoms with Crippen LogP contribution in [0.15, 0.2) is 12.1 Å². The van der Waals surface area contributed by atoms with Crippen LogP contribution in [0.5, 0.6) is 11.5 Å². The molecule has 4 heteroatoms. The number of amides is 1. The molecule has 29 heavy (non-hydrogen) atoms. The lowest BCUT2D eigenvalue weighted by molar-refractivity contribution is 0.0997. The van der Waals surface area contributed by atoms with Gasteiger partial charge in [-0.15, -0.1) is 24.7 Å². The number of carbonyl (C=O) groups is 1. The Morgan fingerprint density at radius 2 is 1.59 bits per heavy atom. The quantitative estimate of drug-likeness (QED) is 0.391. The van der Waals surface area contributed by atoms with Crippen LogP contribution in [0, 0.1) is 24.7 Å². The summed E-state index contributed by atoms with van der Waals surface area (Å²) in [5, 5.41) is 0. The largest absolute Gasteiger partial charge is 0.493 e. The predicted octanol–water partition coefficient (Wildman–Crippen LogP) is 5.20. The predicted molar refractivity (Wildman–Crippen MR) is 117 cm³/mol. The first-order valence-electron chi connectivity index (χ1n) is 10.8. The van der Waals surface area contributed by atoms with Crippen molar-refractivity contribution < 1.29 is 14.3 Å². The fraction of sp³-hybridized carbons (Fsp3) is 0.560. The minimum Gasteiger partial charge on any atom is -0.493 e. The third-order valence-electron chi connectivity index (χ3n) is 5.35. The Hall–Kier alpha value is -2.59. The topological polar surface area (TPSA) is 61.6 Å². The van der Waals surface area contributed by atoms with Crippen LogP contribution in [0.4, 0.5) is 0 Å². The zero-order chi connectivity index (χ0) is 20.9. The molecule has 1 aromatic carbocycles. The van der Waals surface area contributed by atoms with E-state index in [1.165, 1.54) is 6.42 Å². The molecule has 1 aliphatic carbocycles. The molecule has 156 valence electrons. The lowest BCUT2D eigenvalue weighted by atomic mass is 9.81. The van der Waals surface area contributed by atoms with Crippen LogP contribution in [-0.2, 0) is 0 Å². The molecule has 0 bridgehead atoms. The highest BCUT2D eigenvalue weighted by molar-refractivity contribution is 5.95. The number of hydrogen-bond acceptors (Lipinski definition) is 3. The van der Waals surface area contributed by atoms with Crippen molar-refractivity contribution in [3.63, 3.8) is 0 Å². The van der Waals surface area contributed by atoms with Gasteiger partial charge in [-0.2, -0.15) is 0 Å². The summed E-state index contributed by atoms with van der Waals surface area (Å²) >= 11 is 0. The molecule has 2 N–H and O–H groups in total. The van der Waals surface area contributed by atoms with Gasteiger partial charge in [-0.3, -0.25) is 4.79 Å². The van der Waals surface area contributed by atoms with E-state index >= 15 is 0 Å². The monoisotopic (exact) mass is 395 g/mol. The maximum atomic E-state index is 12.3. The second kappa shape index (κ2) is 12.8. The maximum absolute atomic E-state index is 12.3. The van der Waals surface area contributed by atoms with Crippen molar-refractivity contribution in [1.29, 1.82) is 0 Å². The summed E-state index contributed by atoms with van der Waals surface area (Å²) in [5.74, 6) is 6.51. The van der Waals surface area contributed by atoms with E-state index in [2.05, 4.69) is 11.8 Å². The van der Waals surface area contributed by atoms with E-state index in [0.717, 1.165) is 75.5 Å². The third-order valence-corrected chi connectivity index (χ3v) is 5.35. The van der Waals surface area contributed by atoms with E-state index in [-0.39, 0.29) is 0 Å². The van der Waals surface area contributed by atoms with Gasteiger partial charge in [-0.25, -0.2) is 0 Å². The minimum absolute atomic E-state index is 0.302. The Balaban J connectivity index is 2.21. The number of ether oxygens (including phenoxy) is 2. The second-order valence-electron chi connectivity index (χ2n) is 7.60. The number of rotatable bonds is 12. The van der Waals surface area contributed by atoms with Crippen molar-refractivity contribution in [2.45, 2.75) is 76.5 Å². The zero-order valence-electron chi connectivity index (χ0n) is 17.4. The molecule has 1 amide bonds. The highest BCUT2D eigenvalue weighted by Crippen LogP contribution is 2.41. The molecule has 1 saturated carbocycles. The average molecular weight is 396 g/mol. The van der Waals surface area contributed by atoms with Gasteiger partial charge in [0.25, 0.3) is 0 Å². The molecule has 0 atom stereocenters. The lowest BCUT2D eigenvalue weighted by Gasteiger charge is -2.26. The Labute approximate surface area is 175 Å². The molecule has 0 saturated heterocycles. The standard InChI is InChI=1S/C25H33NO3/c1-3-5-7-12-16-28-21-18-22(25(26)27)24(20-14-10-9-11-15-20)23(19-21)29-17-13-8-6-4-2/h1-2,18-20H,5-17H2,(H2,26,27). The first-order chi connectivity index (χ1) is 14.2. The first kappa shape index (κ1) is 22.7. The van der Waals surface area contributed by atoms with Crippen molar-refractivity contribution in [1.82, 2.24) is 0 Å². The van der Waals surface area contributed by atoms with Crippen LogP contribution in [0.25, 0.3) is 0 Å². The van der Waals surface area contributed by atoms with Crippen LogP contribution < -0.4 is 15.2 Å². The first-order valence-corrected chi connectivity index (χ1v) is 10.8. The number of terminal acetylenes is 2. The summed E-state index contributed by atoms with van der Waals surface area (Å²) < 4.78 is 12.0. The number of hydrogen-bond donors (Lipinski definition) is 1. The molecule has 0 spiro atoms. The number of carbonyl (C=O) groups excluding carboxylic acids is 1. The molecule has 0 radical (unpaired) electrons. The highest BCUT2D eigenvalue weighted by Gasteiger charge is 2.26. The summed E-state index contributed by atoms with van der Waals surface area (Å²) in [4.78, 5) is 12.3. The maximum Gasteiger partial charge on any atom is 0.249 e. The van der Waals surface area contributed by atoms with E-state index in [1.54, 1.807) is 6.07 Å². The van der Waals surface area contributed by atoms with E-state index in [9.17, 15) is 4.79 Å². The Bertz CT molecular complexity index is 736. The number of benzene rings is 1. The van der Waals surface area contributed by atoms with E-state index in [1.807, 2.05) is 6.07 Å². The molecule has 0 heterocycles. The van der Waals surface area contributed by atoms with Crippen molar-refractivity contribution in [3.8, 4) is 36.2 Å². The molecule has 0 aliphatic heterocycles. The molecule has 0 aromatic heterocycles. The van der Waals surface area contributed by atoms with E-state index < -0.39 is 5.91 Å². The Kier molecular flexibility index (Phi) is 10.0. The molecular weight excluding hydrogens is 362 g/mol. The fourth-order valence-corrected chi connectivity index (χ4v) is 3.85. The van der Waals surface area contributed by atoms with Crippen LogP contribution >= 0.6 is 0 Å². The fourth-order valence-electron chi connectivity index (χ4n) is 3.85. The van der Waals surface area contributed by atoms with Gasteiger partial charge in [0.2, 0.25) is 5.91 Å². The van der Waals surface area contributed by atoms with Crippen molar-refractivity contribution >= 4 is 5.91 Å². The van der Waals surface area contributed by atoms with Gasteiger partial charge in [0.15, 0.2) is 0 Å². The van der Waals surface area contributed by atoms with Crippen LogP contribution in [0.1, 0.15) is 92.5 Å². The summed E-state index contributed by atoms with van der Waals surface area (Å²) in [5.41, 5.74) is 7.23. The molecule has 2 rings (SSSR count). The van der Waals surface area contributed by atoms with Gasteiger partial charge in [0, 0.05) is 30.0 Å². The molecule has 0 unspecified atom stereocenters. The second-order valence-corrected chi connectivity index (χ2v) is 7.60. The van der Waals surface area contributed by atoms with Crippen molar-refractivity contribution in [3.05, 3.63) is 23.3 Å². The zero-order valence-corrected chi connectivity index (χ0v) is 17.4. The van der Waals surface area contributed by atoms with Crippen LogP contribution in [0.2, 0.25) is 0 Å². The molecule has 1 aromatic rings. The lowest BCUT2D eigenvalue weighted by Crippen LogP contribution is -2.19. The SMILES string of the molecule is C#CCCCCOc1cc(OCCCCC#C)c(C2CCCCC2)c(C(N)=O)c1. The van der Waals surface area contributed by atoms with E-state index in [4.69, 9.17) is 28.1 Å². The average Bonchev–Trinajstić information content (AvgIpc) is 2.73. The summed E-state index contributed by atoms with van der Waals surface area (Å²) in [7, 11) is 0. The van der Waals surface area contributed by atoms with Crippen molar-refractivity contribution in [2.75, 3.05) is 13.2 Å². The van der Waals surface area contributed by atoms with Gasteiger partial charge in [-0.1, -0.05) is 19.3 Å². The molecule has 1 fully saturated rings. The molecule has 1 aliphatic rings. The summed E-state index contributed by atoms with van der Waals surface area (Å²) in [6, 6.07) is 3.69. The van der Waals surface area contributed by atoms with Crippen molar-refractivity contribution in [2.24, 2.45) is 5.73 Å². The van der Waals surface area contributed by atoms with Gasteiger partial charge in [-0.05, 0) is 50.5 Å². The summed E-state index contributed by atoms with van der Waals surface area (Å²) in [6.45, 7) is 1.11. The van der Waals surface area contributed by atoms with Crippen LogP contribution in [-0.4, -0.2) is 19.1 Å². The van der Waals surface area contributed by atoms with Gasteiger partial charge >= 0.3 is 0 Å². The third kappa shape index (κ3) is 7.39.